The summed E-state index contributed by atoms with van der Waals surface area (Å²) in [6.07, 6.45) is 4.39. The van der Waals surface area contributed by atoms with Crippen molar-refractivity contribution in [1.82, 2.24) is 24.5 Å². The zero-order valence-electron chi connectivity index (χ0n) is 14.5. The van der Waals surface area contributed by atoms with Gasteiger partial charge in [-0.2, -0.15) is 10.2 Å². The summed E-state index contributed by atoms with van der Waals surface area (Å²) in [5.41, 5.74) is 3.94. The second kappa shape index (κ2) is 6.84. The van der Waals surface area contributed by atoms with Gasteiger partial charge in [-0.1, -0.05) is 42.5 Å². The number of hydrogen-bond acceptors (Lipinski definition) is 3. The standard InChI is InChI=1S/C20H19N5O/c1-15-23-24(12-11-16-5-3-2-4-6-16)20(26)25(15)19-9-7-17(8-10-19)18-13-21-22-14-18/h2-10,13-14H,11-12H2,1H3,(H,21,22). The zero-order chi connectivity index (χ0) is 17.9. The quantitative estimate of drug-likeness (QED) is 0.605. The fourth-order valence-electron chi connectivity index (χ4n) is 3.05. The first kappa shape index (κ1) is 16.1. The molecule has 0 spiro atoms. The lowest BCUT2D eigenvalue weighted by atomic mass is 10.1. The van der Waals surface area contributed by atoms with E-state index < -0.39 is 0 Å². The van der Waals surface area contributed by atoms with Crippen molar-refractivity contribution >= 4 is 0 Å². The number of H-pyrrole nitrogens is 1. The maximum atomic E-state index is 12.8. The average molecular weight is 345 g/mol. The van der Waals surface area contributed by atoms with Crippen LogP contribution in [0.4, 0.5) is 0 Å². The van der Waals surface area contributed by atoms with E-state index >= 15 is 0 Å². The van der Waals surface area contributed by atoms with Crippen molar-refractivity contribution in [1.29, 1.82) is 0 Å². The molecule has 0 amide bonds. The van der Waals surface area contributed by atoms with Crippen molar-refractivity contribution < 1.29 is 0 Å². The maximum Gasteiger partial charge on any atom is 0.350 e. The van der Waals surface area contributed by atoms with Crippen LogP contribution >= 0.6 is 0 Å². The van der Waals surface area contributed by atoms with E-state index in [1.807, 2.05) is 55.6 Å². The van der Waals surface area contributed by atoms with Gasteiger partial charge in [-0.05, 0) is 36.6 Å². The van der Waals surface area contributed by atoms with Gasteiger partial charge in [-0.3, -0.25) is 5.10 Å². The predicted octanol–water partition coefficient (Wildman–Crippen LogP) is 2.98. The van der Waals surface area contributed by atoms with E-state index in [1.54, 1.807) is 10.8 Å². The summed E-state index contributed by atoms with van der Waals surface area (Å²) >= 11 is 0. The smallest absolute Gasteiger partial charge is 0.285 e. The molecule has 1 N–H and O–H groups in total. The molecule has 0 atom stereocenters. The lowest BCUT2D eigenvalue weighted by Gasteiger charge is -2.04. The van der Waals surface area contributed by atoms with Gasteiger partial charge in [0.1, 0.15) is 5.82 Å². The molecule has 130 valence electrons. The van der Waals surface area contributed by atoms with Gasteiger partial charge in [0.25, 0.3) is 0 Å². The topological polar surface area (TPSA) is 68.5 Å². The normalized spacial score (nSPS) is 11.0. The monoisotopic (exact) mass is 345 g/mol. The number of aromatic amines is 1. The first-order valence-electron chi connectivity index (χ1n) is 8.52. The molecule has 2 heterocycles. The fraction of sp³-hybridized carbons (Fsp3) is 0.150. The molecule has 0 aliphatic heterocycles. The van der Waals surface area contributed by atoms with Crippen molar-refractivity contribution in [2.45, 2.75) is 19.9 Å². The van der Waals surface area contributed by atoms with Crippen molar-refractivity contribution in [3.8, 4) is 16.8 Å². The lowest BCUT2D eigenvalue weighted by molar-refractivity contribution is 0.587. The first-order valence-corrected chi connectivity index (χ1v) is 8.52. The molecule has 4 rings (SSSR count). The van der Waals surface area contributed by atoms with Gasteiger partial charge >= 0.3 is 5.69 Å². The highest BCUT2D eigenvalue weighted by molar-refractivity contribution is 5.62. The number of hydrogen-bond donors (Lipinski definition) is 1. The van der Waals surface area contributed by atoms with E-state index in [-0.39, 0.29) is 5.69 Å². The molecule has 0 radical (unpaired) electrons. The largest absolute Gasteiger partial charge is 0.350 e. The number of aromatic nitrogens is 5. The van der Waals surface area contributed by atoms with E-state index in [2.05, 4.69) is 27.4 Å². The minimum atomic E-state index is -0.116. The summed E-state index contributed by atoms with van der Waals surface area (Å²) in [5, 5.41) is 11.2. The highest BCUT2D eigenvalue weighted by Crippen LogP contribution is 2.19. The molecule has 0 aliphatic rings. The second-order valence-corrected chi connectivity index (χ2v) is 6.16. The summed E-state index contributed by atoms with van der Waals surface area (Å²) in [4.78, 5) is 12.8. The number of benzene rings is 2. The summed E-state index contributed by atoms with van der Waals surface area (Å²) in [6.45, 7) is 2.41. The molecule has 0 bridgehead atoms. The Morgan fingerprint density at radius 1 is 1.00 bits per heavy atom. The Kier molecular flexibility index (Phi) is 4.23. The van der Waals surface area contributed by atoms with Crippen LogP contribution in [0.25, 0.3) is 16.8 Å². The number of nitrogens with one attached hydrogen (secondary N) is 1. The Morgan fingerprint density at radius 3 is 2.46 bits per heavy atom. The van der Waals surface area contributed by atoms with Crippen LogP contribution in [0.1, 0.15) is 11.4 Å². The second-order valence-electron chi connectivity index (χ2n) is 6.16. The Morgan fingerprint density at radius 2 is 1.77 bits per heavy atom. The number of nitrogens with zero attached hydrogens (tertiary/aromatic N) is 4. The van der Waals surface area contributed by atoms with E-state index in [4.69, 9.17) is 0 Å². The Bertz CT molecular complexity index is 1040. The summed E-state index contributed by atoms with van der Waals surface area (Å²) < 4.78 is 3.18. The van der Waals surface area contributed by atoms with Crippen molar-refractivity contribution in [3.63, 3.8) is 0 Å². The number of rotatable bonds is 5. The Labute approximate surface area is 150 Å². The third-order valence-corrected chi connectivity index (χ3v) is 4.41. The zero-order valence-corrected chi connectivity index (χ0v) is 14.5. The van der Waals surface area contributed by atoms with Crippen LogP contribution < -0.4 is 5.69 Å². The van der Waals surface area contributed by atoms with Crippen LogP contribution in [0.15, 0.2) is 71.8 Å². The summed E-state index contributed by atoms with van der Waals surface area (Å²) in [7, 11) is 0. The molecule has 2 aromatic carbocycles. The minimum Gasteiger partial charge on any atom is -0.285 e. The highest BCUT2D eigenvalue weighted by Gasteiger charge is 2.12. The van der Waals surface area contributed by atoms with Gasteiger partial charge in [0.2, 0.25) is 0 Å². The number of aryl methyl sites for hydroxylation is 3. The van der Waals surface area contributed by atoms with Crippen LogP contribution in [-0.4, -0.2) is 24.5 Å². The van der Waals surface area contributed by atoms with Gasteiger partial charge in [-0.25, -0.2) is 14.0 Å². The van der Waals surface area contributed by atoms with E-state index in [0.717, 1.165) is 23.2 Å². The molecule has 26 heavy (non-hydrogen) atoms. The molecule has 4 aromatic rings. The van der Waals surface area contributed by atoms with Gasteiger partial charge in [0.05, 0.1) is 18.4 Å². The summed E-state index contributed by atoms with van der Waals surface area (Å²) in [6, 6.07) is 17.9. The predicted molar refractivity (Wildman–Crippen MR) is 100 cm³/mol. The fourth-order valence-corrected chi connectivity index (χ4v) is 3.05. The molecule has 6 heteroatoms. The van der Waals surface area contributed by atoms with E-state index in [9.17, 15) is 4.79 Å². The van der Waals surface area contributed by atoms with E-state index in [1.165, 1.54) is 10.2 Å². The molecule has 2 aromatic heterocycles. The molecule has 0 saturated carbocycles. The molecule has 6 nitrogen and oxygen atoms in total. The van der Waals surface area contributed by atoms with Crippen LogP contribution in [-0.2, 0) is 13.0 Å². The van der Waals surface area contributed by atoms with Gasteiger partial charge < -0.3 is 0 Å². The van der Waals surface area contributed by atoms with Crippen LogP contribution in [0.3, 0.4) is 0 Å². The molecule has 0 saturated heterocycles. The van der Waals surface area contributed by atoms with Crippen LogP contribution in [0, 0.1) is 6.92 Å². The Hall–Kier alpha value is -3.41. The van der Waals surface area contributed by atoms with Crippen LogP contribution in [0.2, 0.25) is 0 Å². The third-order valence-electron chi connectivity index (χ3n) is 4.41. The molecular formula is C20H19N5O. The summed E-state index contributed by atoms with van der Waals surface area (Å²) in [5.74, 6) is 0.680. The lowest BCUT2D eigenvalue weighted by Crippen LogP contribution is -2.25. The van der Waals surface area contributed by atoms with Gasteiger partial charge in [-0.15, -0.1) is 0 Å². The van der Waals surface area contributed by atoms with Crippen LogP contribution in [0.5, 0.6) is 0 Å². The minimum absolute atomic E-state index is 0.116. The highest BCUT2D eigenvalue weighted by atomic mass is 16.2. The molecule has 0 unspecified atom stereocenters. The van der Waals surface area contributed by atoms with E-state index in [0.29, 0.717) is 12.4 Å². The van der Waals surface area contributed by atoms with Crippen molar-refractivity contribution in [3.05, 3.63) is 88.9 Å². The van der Waals surface area contributed by atoms with Gasteiger partial charge in [0.15, 0.2) is 0 Å². The third kappa shape index (κ3) is 3.09. The molecule has 0 aliphatic carbocycles. The Balaban J connectivity index is 1.59. The SMILES string of the molecule is Cc1nn(CCc2ccccc2)c(=O)n1-c1ccc(-c2cn[nH]c2)cc1. The maximum absolute atomic E-state index is 12.8. The average Bonchev–Trinajstić information content (AvgIpc) is 3.30. The molecular weight excluding hydrogens is 326 g/mol. The van der Waals surface area contributed by atoms with Crippen molar-refractivity contribution in [2.75, 3.05) is 0 Å². The van der Waals surface area contributed by atoms with Crippen molar-refractivity contribution in [2.24, 2.45) is 0 Å². The van der Waals surface area contributed by atoms with Gasteiger partial charge in [0, 0.05) is 11.8 Å². The molecule has 0 fully saturated rings. The first-order chi connectivity index (χ1) is 12.7.